The van der Waals surface area contributed by atoms with E-state index in [-0.39, 0.29) is 0 Å². The zero-order valence-corrected chi connectivity index (χ0v) is 11.1. The molecule has 1 aromatic rings. The first-order chi connectivity index (χ1) is 7.51. The Kier molecular flexibility index (Phi) is 4.12. The summed E-state index contributed by atoms with van der Waals surface area (Å²) in [6, 6.07) is 3.59. The van der Waals surface area contributed by atoms with E-state index < -0.39 is 5.97 Å². The summed E-state index contributed by atoms with van der Waals surface area (Å²) in [5, 5.41) is 0. The fraction of sp³-hybridized carbons (Fsp3) is 0.250. The summed E-state index contributed by atoms with van der Waals surface area (Å²) in [7, 11) is 2.90. The average Bonchev–Trinajstić information content (AvgIpc) is 2.26. The van der Waals surface area contributed by atoms with Crippen LogP contribution < -0.4 is 4.74 Å². The number of hydrogen-bond acceptors (Lipinski definition) is 3. The number of ether oxygens (including phenoxy) is 2. The molecule has 0 bridgehead atoms. The van der Waals surface area contributed by atoms with Gasteiger partial charge >= 0.3 is 5.97 Å². The minimum Gasteiger partial charge on any atom is -0.496 e. The standard InChI is InChI=1S/C12H13BrO3/c1-7-5-9(12(14)16-4)11(8(2)13)10(6-7)15-3/h5-6H,2H2,1,3-4H3. The Morgan fingerprint density at radius 2 is 2.00 bits per heavy atom. The molecule has 0 aliphatic carbocycles. The second-order valence-corrected chi connectivity index (χ2v) is 4.24. The van der Waals surface area contributed by atoms with Gasteiger partial charge in [0.15, 0.2) is 0 Å². The van der Waals surface area contributed by atoms with E-state index in [0.717, 1.165) is 5.56 Å². The van der Waals surface area contributed by atoms with Gasteiger partial charge in [-0.15, -0.1) is 0 Å². The quantitative estimate of drug-likeness (QED) is 0.800. The number of carbonyl (C=O) groups excluding carboxylic acids is 1. The van der Waals surface area contributed by atoms with Crippen molar-refractivity contribution in [3.8, 4) is 5.75 Å². The molecule has 0 aromatic heterocycles. The molecule has 0 saturated heterocycles. The largest absolute Gasteiger partial charge is 0.496 e. The van der Waals surface area contributed by atoms with Crippen molar-refractivity contribution < 1.29 is 14.3 Å². The molecule has 0 fully saturated rings. The van der Waals surface area contributed by atoms with Crippen LogP contribution in [0.15, 0.2) is 18.7 Å². The summed E-state index contributed by atoms with van der Waals surface area (Å²) in [4.78, 5) is 11.6. The first-order valence-electron chi connectivity index (χ1n) is 4.63. The Hall–Kier alpha value is -1.29. The maximum absolute atomic E-state index is 11.6. The van der Waals surface area contributed by atoms with E-state index in [2.05, 4.69) is 22.5 Å². The highest BCUT2D eigenvalue weighted by Crippen LogP contribution is 2.33. The number of carbonyl (C=O) groups is 1. The fourth-order valence-electron chi connectivity index (χ4n) is 1.46. The average molecular weight is 285 g/mol. The van der Waals surface area contributed by atoms with Crippen molar-refractivity contribution in [1.82, 2.24) is 0 Å². The van der Waals surface area contributed by atoms with Crippen molar-refractivity contribution in [2.24, 2.45) is 0 Å². The van der Waals surface area contributed by atoms with Crippen LogP contribution >= 0.6 is 15.9 Å². The molecule has 0 amide bonds. The molecule has 0 spiro atoms. The predicted octanol–water partition coefficient (Wildman–Crippen LogP) is 3.16. The summed E-state index contributed by atoms with van der Waals surface area (Å²) in [5.41, 5.74) is 2.00. The van der Waals surface area contributed by atoms with Gasteiger partial charge < -0.3 is 9.47 Å². The third kappa shape index (κ3) is 2.44. The minimum absolute atomic E-state index is 0.405. The first kappa shape index (κ1) is 12.8. The Bertz CT molecular complexity index is 438. The van der Waals surface area contributed by atoms with Crippen molar-refractivity contribution in [1.29, 1.82) is 0 Å². The maximum Gasteiger partial charge on any atom is 0.338 e. The highest BCUT2D eigenvalue weighted by Gasteiger charge is 2.18. The van der Waals surface area contributed by atoms with Crippen molar-refractivity contribution in [3.63, 3.8) is 0 Å². The third-order valence-electron chi connectivity index (χ3n) is 2.14. The lowest BCUT2D eigenvalue weighted by Gasteiger charge is -2.13. The molecule has 3 nitrogen and oxygen atoms in total. The number of halogens is 1. The van der Waals surface area contributed by atoms with Gasteiger partial charge in [-0.1, -0.05) is 22.5 Å². The van der Waals surface area contributed by atoms with Crippen molar-refractivity contribution in [3.05, 3.63) is 35.4 Å². The molecular weight excluding hydrogens is 272 g/mol. The maximum atomic E-state index is 11.6. The van der Waals surface area contributed by atoms with Gasteiger partial charge in [-0.3, -0.25) is 0 Å². The van der Waals surface area contributed by atoms with Crippen LogP contribution in [0.5, 0.6) is 5.75 Å². The van der Waals surface area contributed by atoms with Crippen LogP contribution in [0.1, 0.15) is 21.5 Å². The second kappa shape index (κ2) is 5.16. The third-order valence-corrected chi connectivity index (χ3v) is 2.54. The molecule has 16 heavy (non-hydrogen) atoms. The smallest absolute Gasteiger partial charge is 0.338 e. The number of methoxy groups -OCH3 is 2. The van der Waals surface area contributed by atoms with Gasteiger partial charge in [0.2, 0.25) is 0 Å². The Balaban J connectivity index is 3.50. The molecule has 0 heterocycles. The zero-order chi connectivity index (χ0) is 12.3. The highest BCUT2D eigenvalue weighted by molar-refractivity contribution is 9.15. The summed E-state index contributed by atoms with van der Waals surface area (Å²) in [6.07, 6.45) is 0. The van der Waals surface area contributed by atoms with E-state index in [1.807, 2.05) is 13.0 Å². The monoisotopic (exact) mass is 284 g/mol. The number of rotatable bonds is 3. The summed E-state index contributed by atoms with van der Waals surface area (Å²) in [5.74, 6) is 0.194. The molecule has 1 aromatic carbocycles. The Morgan fingerprint density at radius 1 is 1.38 bits per heavy atom. The van der Waals surface area contributed by atoms with Crippen LogP contribution in [-0.2, 0) is 4.74 Å². The van der Waals surface area contributed by atoms with E-state index in [1.54, 1.807) is 13.2 Å². The van der Waals surface area contributed by atoms with Gasteiger partial charge in [-0.05, 0) is 24.6 Å². The summed E-state index contributed by atoms with van der Waals surface area (Å²) in [6.45, 7) is 5.65. The number of benzene rings is 1. The van der Waals surface area contributed by atoms with Gasteiger partial charge in [-0.25, -0.2) is 4.79 Å². The van der Waals surface area contributed by atoms with Gasteiger partial charge in [-0.2, -0.15) is 0 Å². The van der Waals surface area contributed by atoms with E-state index in [1.165, 1.54) is 7.11 Å². The molecular formula is C12H13BrO3. The van der Waals surface area contributed by atoms with Gasteiger partial charge in [0, 0.05) is 10.0 Å². The van der Waals surface area contributed by atoms with E-state index in [4.69, 9.17) is 9.47 Å². The topological polar surface area (TPSA) is 35.5 Å². The highest BCUT2D eigenvalue weighted by atomic mass is 79.9. The van der Waals surface area contributed by atoms with Crippen molar-refractivity contribution in [2.75, 3.05) is 14.2 Å². The molecule has 86 valence electrons. The predicted molar refractivity (Wildman–Crippen MR) is 67.0 cm³/mol. The van der Waals surface area contributed by atoms with Crippen molar-refractivity contribution >= 4 is 26.4 Å². The van der Waals surface area contributed by atoms with Gasteiger partial charge in [0.05, 0.1) is 19.8 Å². The Morgan fingerprint density at radius 3 is 2.44 bits per heavy atom. The van der Waals surface area contributed by atoms with Crippen LogP contribution in [0.25, 0.3) is 4.48 Å². The van der Waals surface area contributed by atoms with Crippen LogP contribution in [0.2, 0.25) is 0 Å². The SMILES string of the molecule is C=C(Br)c1c(OC)cc(C)cc1C(=O)OC. The molecule has 4 heteroatoms. The second-order valence-electron chi connectivity index (χ2n) is 3.29. The fourth-order valence-corrected chi connectivity index (χ4v) is 1.87. The lowest BCUT2D eigenvalue weighted by Crippen LogP contribution is -2.06. The van der Waals surface area contributed by atoms with Gasteiger partial charge in [0.25, 0.3) is 0 Å². The lowest BCUT2D eigenvalue weighted by atomic mass is 10.0. The first-order valence-corrected chi connectivity index (χ1v) is 5.42. The van der Waals surface area contributed by atoms with Crippen LogP contribution in [-0.4, -0.2) is 20.2 Å². The molecule has 0 N–H and O–H groups in total. The molecule has 1 rings (SSSR count). The molecule has 0 atom stereocenters. The normalized spacial score (nSPS) is 9.75. The molecule has 0 saturated carbocycles. The number of aryl methyl sites for hydroxylation is 1. The lowest BCUT2D eigenvalue weighted by molar-refractivity contribution is 0.0600. The van der Waals surface area contributed by atoms with E-state index in [9.17, 15) is 4.79 Å². The number of esters is 1. The van der Waals surface area contributed by atoms with E-state index >= 15 is 0 Å². The molecule has 0 aliphatic rings. The van der Waals surface area contributed by atoms with Gasteiger partial charge in [0.1, 0.15) is 5.75 Å². The summed E-state index contributed by atoms with van der Waals surface area (Å²) >= 11 is 3.26. The molecule has 0 unspecified atom stereocenters. The zero-order valence-electron chi connectivity index (χ0n) is 9.46. The summed E-state index contributed by atoms with van der Waals surface area (Å²) < 4.78 is 10.5. The molecule has 0 radical (unpaired) electrons. The van der Waals surface area contributed by atoms with Crippen LogP contribution in [0.4, 0.5) is 0 Å². The van der Waals surface area contributed by atoms with E-state index in [0.29, 0.717) is 21.4 Å². The van der Waals surface area contributed by atoms with Crippen LogP contribution in [0, 0.1) is 6.92 Å². The van der Waals surface area contributed by atoms with Crippen molar-refractivity contribution in [2.45, 2.75) is 6.92 Å². The number of hydrogen-bond donors (Lipinski definition) is 0. The Labute approximate surface area is 103 Å². The van der Waals surface area contributed by atoms with Crippen LogP contribution in [0.3, 0.4) is 0 Å². The minimum atomic E-state index is -0.405. The molecule has 0 aliphatic heterocycles.